The molecule has 0 saturated carbocycles. The summed E-state index contributed by atoms with van der Waals surface area (Å²) < 4.78 is 18.5. The van der Waals surface area contributed by atoms with Crippen LogP contribution in [0, 0.1) is 11.7 Å². The molecule has 3 aromatic rings. The summed E-state index contributed by atoms with van der Waals surface area (Å²) in [6, 6.07) is 12.6. The van der Waals surface area contributed by atoms with Gasteiger partial charge in [-0.25, -0.2) is 4.39 Å². The van der Waals surface area contributed by atoms with Crippen LogP contribution in [0.3, 0.4) is 0 Å². The summed E-state index contributed by atoms with van der Waals surface area (Å²) in [7, 11) is 0. The van der Waals surface area contributed by atoms with E-state index in [1.54, 1.807) is 24.3 Å². The van der Waals surface area contributed by atoms with Crippen LogP contribution in [0.2, 0.25) is 5.02 Å². The molecule has 0 spiro atoms. The third-order valence-electron chi connectivity index (χ3n) is 4.62. The zero-order chi connectivity index (χ0) is 20.1. The molecule has 0 fully saturated rings. The van der Waals surface area contributed by atoms with Crippen LogP contribution >= 0.6 is 11.6 Å². The average Bonchev–Trinajstić information content (AvgIpc) is 3.17. The van der Waals surface area contributed by atoms with E-state index >= 15 is 0 Å². The molecule has 0 aliphatic rings. The van der Waals surface area contributed by atoms with Crippen LogP contribution in [0.5, 0.6) is 0 Å². The maximum absolute atomic E-state index is 13.0. The molecule has 3 rings (SSSR count). The Bertz CT molecular complexity index is 926. The van der Waals surface area contributed by atoms with Crippen molar-refractivity contribution in [2.45, 2.75) is 32.7 Å². The number of aromatic nitrogens is 2. The van der Waals surface area contributed by atoms with Crippen molar-refractivity contribution in [1.29, 1.82) is 0 Å². The van der Waals surface area contributed by atoms with Crippen LogP contribution in [0.15, 0.2) is 53.1 Å². The fourth-order valence-electron chi connectivity index (χ4n) is 2.77. The summed E-state index contributed by atoms with van der Waals surface area (Å²) in [4.78, 5) is 17.0. The number of rotatable bonds is 7. The van der Waals surface area contributed by atoms with E-state index in [0.29, 0.717) is 16.7 Å². The van der Waals surface area contributed by atoms with Gasteiger partial charge in [-0.05, 0) is 47.9 Å². The van der Waals surface area contributed by atoms with Gasteiger partial charge >= 0.3 is 0 Å². The number of halogens is 2. The Morgan fingerprint density at radius 2 is 1.86 bits per heavy atom. The molecule has 0 saturated heterocycles. The molecule has 0 bridgehead atoms. The van der Waals surface area contributed by atoms with Crippen molar-refractivity contribution < 1.29 is 13.7 Å². The monoisotopic (exact) mass is 401 g/mol. The standard InChI is InChI=1S/C21H21ClFN3O2/c1-3-13(2)19(24-18(27)12-14-4-10-17(23)11-5-14)21-25-20(26-28-21)15-6-8-16(22)9-7-15/h4-11,13,19H,3,12H2,1-2H3,(H,24,27). The van der Waals surface area contributed by atoms with Gasteiger partial charge in [0.1, 0.15) is 11.9 Å². The summed E-state index contributed by atoms with van der Waals surface area (Å²) in [6.07, 6.45) is 0.964. The summed E-state index contributed by atoms with van der Waals surface area (Å²) >= 11 is 5.92. The van der Waals surface area contributed by atoms with Crippen molar-refractivity contribution in [2.24, 2.45) is 5.92 Å². The van der Waals surface area contributed by atoms with Crippen molar-refractivity contribution in [1.82, 2.24) is 15.5 Å². The van der Waals surface area contributed by atoms with E-state index in [1.807, 2.05) is 26.0 Å². The van der Waals surface area contributed by atoms with Crippen molar-refractivity contribution in [3.8, 4) is 11.4 Å². The number of nitrogens with zero attached hydrogens (tertiary/aromatic N) is 2. The fraction of sp³-hybridized carbons (Fsp3) is 0.286. The van der Waals surface area contributed by atoms with E-state index in [4.69, 9.17) is 16.1 Å². The molecule has 0 aliphatic heterocycles. The summed E-state index contributed by atoms with van der Waals surface area (Å²) in [5.74, 6) is 0.362. The average molecular weight is 402 g/mol. The summed E-state index contributed by atoms with van der Waals surface area (Å²) in [5.41, 5.74) is 1.51. The minimum absolute atomic E-state index is 0.0932. The number of carbonyl (C=O) groups is 1. The van der Waals surface area contributed by atoms with Crippen LogP contribution in [-0.2, 0) is 11.2 Å². The first-order valence-electron chi connectivity index (χ1n) is 9.09. The predicted molar refractivity (Wildman–Crippen MR) is 105 cm³/mol. The minimum atomic E-state index is -0.411. The van der Waals surface area contributed by atoms with Gasteiger partial charge in [0, 0.05) is 10.6 Å². The molecular formula is C21H21ClFN3O2. The Balaban J connectivity index is 1.75. The third-order valence-corrected chi connectivity index (χ3v) is 4.87. The van der Waals surface area contributed by atoms with Crippen molar-refractivity contribution in [3.63, 3.8) is 0 Å². The Labute approximate surface area is 167 Å². The lowest BCUT2D eigenvalue weighted by atomic mass is 9.98. The largest absolute Gasteiger partial charge is 0.344 e. The highest BCUT2D eigenvalue weighted by Crippen LogP contribution is 2.26. The fourth-order valence-corrected chi connectivity index (χ4v) is 2.90. The van der Waals surface area contributed by atoms with E-state index in [9.17, 15) is 9.18 Å². The molecule has 1 aromatic heterocycles. The molecule has 1 amide bonds. The van der Waals surface area contributed by atoms with Gasteiger partial charge in [-0.1, -0.05) is 49.2 Å². The number of benzene rings is 2. The smallest absolute Gasteiger partial charge is 0.249 e. The van der Waals surface area contributed by atoms with Gasteiger partial charge in [0.25, 0.3) is 0 Å². The van der Waals surface area contributed by atoms with E-state index < -0.39 is 6.04 Å². The quantitative estimate of drug-likeness (QED) is 0.606. The van der Waals surface area contributed by atoms with E-state index in [-0.39, 0.29) is 24.1 Å². The third kappa shape index (κ3) is 4.95. The molecule has 2 unspecified atom stereocenters. The Hall–Kier alpha value is -2.73. The zero-order valence-electron chi connectivity index (χ0n) is 15.7. The van der Waals surface area contributed by atoms with Crippen molar-refractivity contribution in [2.75, 3.05) is 0 Å². The van der Waals surface area contributed by atoms with Gasteiger partial charge in [0.05, 0.1) is 6.42 Å². The lowest BCUT2D eigenvalue weighted by Gasteiger charge is -2.20. The minimum Gasteiger partial charge on any atom is -0.344 e. The topological polar surface area (TPSA) is 68.0 Å². The maximum Gasteiger partial charge on any atom is 0.249 e. The maximum atomic E-state index is 13.0. The molecule has 2 atom stereocenters. The van der Waals surface area contributed by atoms with E-state index in [1.165, 1.54) is 12.1 Å². The normalized spacial score (nSPS) is 13.1. The lowest BCUT2D eigenvalue weighted by molar-refractivity contribution is -0.121. The van der Waals surface area contributed by atoms with Gasteiger partial charge in [-0.15, -0.1) is 0 Å². The predicted octanol–water partition coefficient (Wildman–Crippen LogP) is 4.98. The van der Waals surface area contributed by atoms with Crippen LogP contribution < -0.4 is 5.32 Å². The first-order chi connectivity index (χ1) is 13.5. The van der Waals surface area contributed by atoms with Gasteiger partial charge in [0.2, 0.25) is 17.6 Å². The second-order valence-corrected chi connectivity index (χ2v) is 7.13. The number of carbonyl (C=O) groups excluding carboxylic acids is 1. The Kier molecular flexibility index (Phi) is 6.41. The van der Waals surface area contributed by atoms with Gasteiger partial charge < -0.3 is 9.84 Å². The Morgan fingerprint density at radius 1 is 1.18 bits per heavy atom. The Morgan fingerprint density at radius 3 is 2.50 bits per heavy atom. The van der Waals surface area contributed by atoms with Gasteiger partial charge in [-0.2, -0.15) is 4.98 Å². The van der Waals surface area contributed by atoms with Crippen LogP contribution in [0.25, 0.3) is 11.4 Å². The second-order valence-electron chi connectivity index (χ2n) is 6.70. The van der Waals surface area contributed by atoms with E-state index in [2.05, 4.69) is 15.5 Å². The highest BCUT2D eigenvalue weighted by molar-refractivity contribution is 6.30. The van der Waals surface area contributed by atoms with Crippen LogP contribution in [0.1, 0.15) is 37.8 Å². The summed E-state index contributed by atoms with van der Waals surface area (Å²) in [5, 5.41) is 7.63. The number of hydrogen-bond acceptors (Lipinski definition) is 4. The second kappa shape index (κ2) is 8.97. The molecule has 1 heterocycles. The summed E-state index contributed by atoms with van der Waals surface area (Å²) in [6.45, 7) is 4.04. The lowest BCUT2D eigenvalue weighted by Crippen LogP contribution is -2.33. The molecular weight excluding hydrogens is 381 g/mol. The van der Waals surface area contributed by atoms with Crippen molar-refractivity contribution >= 4 is 17.5 Å². The molecule has 1 N–H and O–H groups in total. The highest BCUT2D eigenvalue weighted by Gasteiger charge is 2.26. The molecule has 146 valence electrons. The molecule has 2 aromatic carbocycles. The van der Waals surface area contributed by atoms with Crippen molar-refractivity contribution in [3.05, 3.63) is 70.8 Å². The molecule has 7 heteroatoms. The van der Waals surface area contributed by atoms with Gasteiger partial charge in [0.15, 0.2) is 0 Å². The van der Waals surface area contributed by atoms with E-state index in [0.717, 1.165) is 17.5 Å². The molecule has 0 radical (unpaired) electrons. The van der Waals surface area contributed by atoms with Crippen LogP contribution in [0.4, 0.5) is 4.39 Å². The first-order valence-corrected chi connectivity index (χ1v) is 9.47. The van der Waals surface area contributed by atoms with Crippen LogP contribution in [-0.4, -0.2) is 16.0 Å². The zero-order valence-corrected chi connectivity index (χ0v) is 16.4. The molecule has 28 heavy (non-hydrogen) atoms. The molecule has 0 aliphatic carbocycles. The number of amides is 1. The number of nitrogens with one attached hydrogen (secondary N) is 1. The highest BCUT2D eigenvalue weighted by atomic mass is 35.5. The van der Waals surface area contributed by atoms with Gasteiger partial charge in [-0.3, -0.25) is 4.79 Å². The molecule has 5 nitrogen and oxygen atoms in total. The number of hydrogen-bond donors (Lipinski definition) is 1. The first kappa shape index (κ1) is 20.0. The SMILES string of the molecule is CCC(C)C(NC(=O)Cc1ccc(F)cc1)c1nc(-c2ccc(Cl)cc2)no1.